The summed E-state index contributed by atoms with van der Waals surface area (Å²) in [6, 6.07) is 63.2. The lowest BCUT2D eigenvalue weighted by Crippen LogP contribution is -1.91. The molecule has 0 unspecified atom stereocenters. The van der Waals surface area contributed by atoms with Crippen molar-refractivity contribution < 1.29 is 0 Å². The van der Waals surface area contributed by atoms with Crippen LogP contribution < -0.4 is 0 Å². The standard InChI is InChI=1S/C51H31N5/c1-2-6-32(7-3-1)44-22-16-35-14-15-36-17-23-45(56-51(36)50(35)55-44)34-12-10-33(11-13-34)43-26-20-39-30-37(18-24-46(39)53-43)38-19-25-47-40(31-38)21-27-49(54-47)42-28-29-52-48-9-5-4-8-41(42)48/h1-31H. The summed E-state index contributed by atoms with van der Waals surface area (Å²) in [7, 11) is 0. The average molecular weight is 714 g/mol. The molecule has 0 spiro atoms. The second kappa shape index (κ2) is 13.0. The highest BCUT2D eigenvalue weighted by atomic mass is 14.8. The molecule has 0 amide bonds. The molecule has 0 aliphatic carbocycles. The zero-order valence-electron chi connectivity index (χ0n) is 30.1. The van der Waals surface area contributed by atoms with Gasteiger partial charge in [-0.25, -0.2) is 19.9 Å². The number of aromatic nitrogens is 5. The quantitative estimate of drug-likeness (QED) is 0.166. The molecular weight excluding hydrogens is 683 g/mol. The van der Waals surface area contributed by atoms with Gasteiger partial charge in [0.05, 0.1) is 50.4 Å². The fraction of sp³-hybridized carbons (Fsp3) is 0. The van der Waals surface area contributed by atoms with Crippen molar-refractivity contribution in [3.8, 4) is 56.2 Å². The highest BCUT2D eigenvalue weighted by Gasteiger charge is 2.12. The maximum Gasteiger partial charge on any atom is 0.0972 e. The third-order valence-electron chi connectivity index (χ3n) is 10.7. The van der Waals surface area contributed by atoms with E-state index >= 15 is 0 Å². The molecular formula is C51H31N5. The van der Waals surface area contributed by atoms with Gasteiger partial charge in [-0.1, -0.05) is 121 Å². The summed E-state index contributed by atoms with van der Waals surface area (Å²) < 4.78 is 0. The fourth-order valence-corrected chi connectivity index (χ4v) is 7.75. The monoisotopic (exact) mass is 713 g/mol. The Kier molecular flexibility index (Phi) is 7.42. The van der Waals surface area contributed by atoms with Crippen LogP contribution in [-0.4, -0.2) is 24.9 Å². The molecule has 0 N–H and O–H groups in total. The van der Waals surface area contributed by atoms with Crippen LogP contribution in [0.25, 0.3) is 111 Å². The van der Waals surface area contributed by atoms with E-state index in [-0.39, 0.29) is 0 Å². The molecule has 0 radical (unpaired) electrons. The number of fused-ring (bicyclic) bond motifs is 6. The molecule has 5 heteroatoms. The Morgan fingerprint density at radius 3 is 1.38 bits per heavy atom. The van der Waals surface area contributed by atoms with Crippen LogP contribution in [0.2, 0.25) is 0 Å². The lowest BCUT2D eigenvalue weighted by molar-refractivity contribution is 1.36. The first-order valence-corrected chi connectivity index (χ1v) is 18.7. The maximum atomic E-state index is 5.14. The Bertz CT molecular complexity index is 3300. The van der Waals surface area contributed by atoms with E-state index in [0.717, 1.165) is 111 Å². The molecule has 0 saturated heterocycles. The van der Waals surface area contributed by atoms with E-state index in [9.17, 15) is 0 Å². The molecule has 5 nitrogen and oxygen atoms in total. The highest BCUT2D eigenvalue weighted by molar-refractivity contribution is 6.04. The van der Waals surface area contributed by atoms with Gasteiger partial charge in [-0.15, -0.1) is 0 Å². The Balaban J connectivity index is 0.864. The molecule has 0 bridgehead atoms. The van der Waals surface area contributed by atoms with Gasteiger partial charge in [-0.3, -0.25) is 4.98 Å². The van der Waals surface area contributed by atoms with Gasteiger partial charge in [-0.2, -0.15) is 0 Å². The van der Waals surface area contributed by atoms with E-state index in [4.69, 9.17) is 19.9 Å². The van der Waals surface area contributed by atoms with Crippen LogP contribution >= 0.6 is 0 Å². The zero-order chi connectivity index (χ0) is 37.0. The number of para-hydroxylation sites is 1. The van der Waals surface area contributed by atoms with E-state index in [0.29, 0.717) is 0 Å². The summed E-state index contributed by atoms with van der Waals surface area (Å²) in [6.07, 6.45) is 1.85. The molecule has 11 rings (SSSR count). The second-order valence-electron chi connectivity index (χ2n) is 14.1. The van der Waals surface area contributed by atoms with Crippen LogP contribution in [0.4, 0.5) is 0 Å². The molecule has 5 heterocycles. The van der Waals surface area contributed by atoms with Gasteiger partial charge >= 0.3 is 0 Å². The van der Waals surface area contributed by atoms with Gasteiger partial charge < -0.3 is 0 Å². The summed E-state index contributed by atoms with van der Waals surface area (Å²) in [5.41, 5.74) is 15.0. The van der Waals surface area contributed by atoms with E-state index < -0.39 is 0 Å². The first kappa shape index (κ1) is 31.9. The van der Waals surface area contributed by atoms with Crippen molar-refractivity contribution in [3.05, 3.63) is 188 Å². The number of benzene rings is 6. The van der Waals surface area contributed by atoms with Crippen LogP contribution in [0.5, 0.6) is 0 Å². The molecule has 56 heavy (non-hydrogen) atoms. The number of rotatable bonds is 5. The topological polar surface area (TPSA) is 64.5 Å². The summed E-state index contributed by atoms with van der Waals surface area (Å²) in [5, 5.41) is 5.44. The van der Waals surface area contributed by atoms with Gasteiger partial charge in [0, 0.05) is 55.4 Å². The second-order valence-corrected chi connectivity index (χ2v) is 14.1. The lowest BCUT2D eigenvalue weighted by Gasteiger charge is -2.10. The van der Waals surface area contributed by atoms with Crippen LogP contribution in [0.15, 0.2) is 188 Å². The smallest absolute Gasteiger partial charge is 0.0972 e. The van der Waals surface area contributed by atoms with Crippen molar-refractivity contribution in [2.45, 2.75) is 0 Å². The predicted molar refractivity (Wildman–Crippen MR) is 230 cm³/mol. The molecule has 260 valence electrons. The maximum absolute atomic E-state index is 5.14. The van der Waals surface area contributed by atoms with Crippen molar-refractivity contribution in [3.63, 3.8) is 0 Å². The highest BCUT2D eigenvalue weighted by Crippen LogP contribution is 2.33. The largest absolute Gasteiger partial charge is 0.256 e. The lowest BCUT2D eigenvalue weighted by atomic mass is 10.00. The Hall–Kier alpha value is -7.63. The Morgan fingerprint density at radius 2 is 0.750 bits per heavy atom. The minimum absolute atomic E-state index is 0.904. The van der Waals surface area contributed by atoms with Gasteiger partial charge in [0.2, 0.25) is 0 Å². The Labute approximate surface area is 322 Å². The van der Waals surface area contributed by atoms with Crippen molar-refractivity contribution in [2.24, 2.45) is 0 Å². The van der Waals surface area contributed by atoms with Crippen molar-refractivity contribution in [1.82, 2.24) is 24.9 Å². The molecule has 11 aromatic rings. The molecule has 0 saturated carbocycles. The van der Waals surface area contributed by atoms with Crippen molar-refractivity contribution in [1.29, 1.82) is 0 Å². The minimum Gasteiger partial charge on any atom is -0.256 e. The molecule has 5 aromatic heterocycles. The minimum atomic E-state index is 0.904. The third-order valence-corrected chi connectivity index (χ3v) is 10.7. The van der Waals surface area contributed by atoms with Gasteiger partial charge in [-0.05, 0) is 71.8 Å². The molecule has 0 aliphatic heterocycles. The number of hydrogen-bond acceptors (Lipinski definition) is 5. The van der Waals surface area contributed by atoms with Crippen molar-refractivity contribution in [2.75, 3.05) is 0 Å². The van der Waals surface area contributed by atoms with E-state index in [1.54, 1.807) is 0 Å². The first-order chi connectivity index (χ1) is 27.7. The van der Waals surface area contributed by atoms with Gasteiger partial charge in [0.15, 0.2) is 0 Å². The summed E-state index contributed by atoms with van der Waals surface area (Å²) >= 11 is 0. The van der Waals surface area contributed by atoms with Crippen LogP contribution in [0.1, 0.15) is 0 Å². The van der Waals surface area contributed by atoms with Gasteiger partial charge in [0.25, 0.3) is 0 Å². The van der Waals surface area contributed by atoms with Crippen LogP contribution in [0, 0.1) is 0 Å². The summed E-state index contributed by atoms with van der Waals surface area (Å²) in [4.78, 5) is 24.8. The van der Waals surface area contributed by atoms with Crippen LogP contribution in [0.3, 0.4) is 0 Å². The molecule has 0 fully saturated rings. The number of pyridine rings is 5. The van der Waals surface area contributed by atoms with E-state index in [1.807, 2.05) is 48.7 Å². The molecule has 0 atom stereocenters. The SMILES string of the molecule is c1ccc(-c2ccc3ccc4ccc(-c5ccc(-c6ccc7cc(-c8ccc9nc(-c%10ccnc%11ccccc%10%11)ccc9c8)ccc7n6)cc5)nc4c3n2)cc1. The van der Waals surface area contributed by atoms with E-state index in [2.05, 4.69) is 145 Å². The molecule has 0 aliphatic rings. The normalized spacial score (nSPS) is 11.6. The predicted octanol–water partition coefficient (Wildman–Crippen LogP) is 12.8. The number of hydrogen-bond donors (Lipinski definition) is 0. The zero-order valence-corrected chi connectivity index (χ0v) is 30.1. The number of nitrogens with zero attached hydrogens (tertiary/aromatic N) is 5. The third kappa shape index (κ3) is 5.62. The average Bonchev–Trinajstić information content (AvgIpc) is 3.28. The van der Waals surface area contributed by atoms with E-state index in [1.165, 1.54) is 0 Å². The van der Waals surface area contributed by atoms with Crippen LogP contribution in [-0.2, 0) is 0 Å². The van der Waals surface area contributed by atoms with Gasteiger partial charge in [0.1, 0.15) is 0 Å². The fourth-order valence-electron chi connectivity index (χ4n) is 7.75. The summed E-state index contributed by atoms with van der Waals surface area (Å²) in [6.45, 7) is 0. The summed E-state index contributed by atoms with van der Waals surface area (Å²) in [5.74, 6) is 0. The van der Waals surface area contributed by atoms with Crippen molar-refractivity contribution >= 4 is 54.5 Å². The molecule has 6 aromatic carbocycles. The Morgan fingerprint density at radius 1 is 0.286 bits per heavy atom. The first-order valence-electron chi connectivity index (χ1n) is 18.7.